The number of hydrogen-bond acceptors (Lipinski definition) is 0. The molecule has 0 N–H and O–H groups in total. The molecule has 15 heavy (non-hydrogen) atoms. The van der Waals surface area contributed by atoms with Gasteiger partial charge in [0, 0.05) is 0 Å². The Morgan fingerprint density at radius 3 is 1.93 bits per heavy atom. The van der Waals surface area contributed by atoms with Crippen molar-refractivity contribution in [2.45, 2.75) is 48.5 Å². The van der Waals surface area contributed by atoms with Gasteiger partial charge in [-0.3, -0.25) is 0 Å². The molecule has 0 heteroatoms. The van der Waals surface area contributed by atoms with Crippen LogP contribution in [0.5, 0.6) is 0 Å². The Morgan fingerprint density at radius 2 is 1.53 bits per heavy atom. The molecule has 0 radical (unpaired) electrons. The Hall–Kier alpha value is -0.520. The molecule has 0 saturated carbocycles. The van der Waals surface area contributed by atoms with E-state index >= 15 is 0 Å². The third-order valence-electron chi connectivity index (χ3n) is 3.49. The van der Waals surface area contributed by atoms with E-state index in [1.54, 1.807) is 5.57 Å². The Bertz CT molecular complexity index is 278. The molecule has 0 fully saturated rings. The van der Waals surface area contributed by atoms with Gasteiger partial charge in [0.15, 0.2) is 0 Å². The van der Waals surface area contributed by atoms with Gasteiger partial charge in [-0.15, -0.1) is 0 Å². The van der Waals surface area contributed by atoms with Gasteiger partial charge in [-0.25, -0.2) is 0 Å². The molecule has 0 bridgehead atoms. The predicted molar refractivity (Wildman–Crippen MR) is 68.8 cm³/mol. The second-order valence-electron chi connectivity index (χ2n) is 6.94. The van der Waals surface area contributed by atoms with Crippen LogP contribution >= 0.6 is 0 Å². The Morgan fingerprint density at radius 1 is 1.00 bits per heavy atom. The average molecular weight is 206 g/mol. The lowest BCUT2D eigenvalue weighted by molar-refractivity contribution is 0.218. The normalized spacial score (nSPS) is 27.8. The van der Waals surface area contributed by atoms with E-state index in [2.05, 4.69) is 66.7 Å². The minimum Gasteiger partial charge on any atom is -0.0803 e. The zero-order valence-corrected chi connectivity index (χ0v) is 11.4. The SMILES string of the molecule is CC1C(C(C)(C)C)=CC=CC1C(C)(C)C. The van der Waals surface area contributed by atoms with Crippen LogP contribution in [0.1, 0.15) is 48.5 Å². The van der Waals surface area contributed by atoms with E-state index in [0.717, 1.165) is 0 Å². The van der Waals surface area contributed by atoms with Crippen LogP contribution in [0, 0.1) is 22.7 Å². The fourth-order valence-corrected chi connectivity index (χ4v) is 2.76. The summed E-state index contributed by atoms with van der Waals surface area (Å²) in [5.41, 5.74) is 2.25. The zero-order valence-electron chi connectivity index (χ0n) is 11.4. The third-order valence-corrected chi connectivity index (χ3v) is 3.49. The maximum atomic E-state index is 2.37. The quantitative estimate of drug-likeness (QED) is 0.532. The topological polar surface area (TPSA) is 0 Å². The third kappa shape index (κ3) is 2.74. The average Bonchev–Trinajstić information content (AvgIpc) is 1.99. The van der Waals surface area contributed by atoms with Crippen molar-refractivity contribution in [1.82, 2.24) is 0 Å². The predicted octanol–water partition coefficient (Wildman–Crippen LogP) is 4.83. The van der Waals surface area contributed by atoms with Gasteiger partial charge in [0.25, 0.3) is 0 Å². The van der Waals surface area contributed by atoms with Crippen LogP contribution in [0.2, 0.25) is 0 Å². The van der Waals surface area contributed by atoms with Crippen LogP contribution in [0.3, 0.4) is 0 Å². The van der Waals surface area contributed by atoms with Gasteiger partial charge in [0.2, 0.25) is 0 Å². The van der Waals surface area contributed by atoms with E-state index in [0.29, 0.717) is 22.7 Å². The van der Waals surface area contributed by atoms with Gasteiger partial charge in [-0.1, -0.05) is 72.3 Å². The van der Waals surface area contributed by atoms with Crippen LogP contribution in [0.15, 0.2) is 23.8 Å². The van der Waals surface area contributed by atoms with Crippen LogP contribution in [-0.2, 0) is 0 Å². The molecule has 1 aliphatic carbocycles. The number of hydrogen-bond donors (Lipinski definition) is 0. The molecule has 0 amide bonds. The summed E-state index contributed by atoms with van der Waals surface area (Å²) in [6, 6.07) is 0. The fraction of sp³-hybridized carbons (Fsp3) is 0.733. The first kappa shape index (κ1) is 12.5. The van der Waals surface area contributed by atoms with Crippen LogP contribution in [0.25, 0.3) is 0 Å². The summed E-state index contributed by atoms with van der Waals surface area (Å²) < 4.78 is 0. The molecular formula is C15H26. The zero-order chi connectivity index (χ0) is 11.9. The summed E-state index contributed by atoms with van der Waals surface area (Å²) in [5, 5.41) is 0. The highest BCUT2D eigenvalue weighted by Gasteiger charge is 2.34. The summed E-state index contributed by atoms with van der Waals surface area (Å²) in [4.78, 5) is 0. The molecule has 0 aromatic rings. The van der Waals surface area contributed by atoms with Gasteiger partial charge in [-0.2, -0.15) is 0 Å². The van der Waals surface area contributed by atoms with Crippen molar-refractivity contribution in [3.8, 4) is 0 Å². The van der Waals surface area contributed by atoms with Crippen molar-refractivity contribution in [2.75, 3.05) is 0 Å². The second-order valence-corrected chi connectivity index (χ2v) is 6.94. The molecule has 86 valence electrons. The minimum atomic E-state index is 0.299. The molecule has 0 nitrogen and oxygen atoms in total. The maximum absolute atomic E-state index is 2.37. The Labute approximate surface area is 95.5 Å². The highest BCUT2D eigenvalue weighted by Crippen LogP contribution is 2.44. The van der Waals surface area contributed by atoms with Gasteiger partial charge in [0.1, 0.15) is 0 Å². The van der Waals surface area contributed by atoms with Crippen molar-refractivity contribution in [2.24, 2.45) is 22.7 Å². The largest absolute Gasteiger partial charge is 0.0803 e. The van der Waals surface area contributed by atoms with E-state index in [1.165, 1.54) is 0 Å². The molecule has 0 aromatic heterocycles. The van der Waals surface area contributed by atoms with Gasteiger partial charge in [-0.05, 0) is 22.7 Å². The summed E-state index contributed by atoms with van der Waals surface area (Å²) in [7, 11) is 0. The van der Waals surface area contributed by atoms with Crippen LogP contribution < -0.4 is 0 Å². The minimum absolute atomic E-state index is 0.299. The first-order chi connectivity index (χ1) is 6.64. The Balaban J connectivity index is 2.99. The van der Waals surface area contributed by atoms with E-state index in [9.17, 15) is 0 Å². The number of allylic oxidation sites excluding steroid dienone is 4. The van der Waals surface area contributed by atoms with Crippen LogP contribution in [0.4, 0.5) is 0 Å². The first-order valence-corrected chi connectivity index (χ1v) is 6.03. The van der Waals surface area contributed by atoms with E-state index < -0.39 is 0 Å². The highest BCUT2D eigenvalue weighted by atomic mass is 14.4. The standard InChI is InChI=1S/C15H26/c1-11-12(14(2,3)4)9-8-10-13(11)15(5,6)7/h8-12H,1-7H3. The highest BCUT2D eigenvalue weighted by molar-refractivity contribution is 5.27. The lowest BCUT2D eigenvalue weighted by Crippen LogP contribution is -2.31. The lowest BCUT2D eigenvalue weighted by Gasteiger charge is -2.40. The maximum Gasteiger partial charge on any atom is -0.0118 e. The molecule has 2 unspecified atom stereocenters. The molecule has 2 atom stereocenters. The van der Waals surface area contributed by atoms with Crippen molar-refractivity contribution in [3.63, 3.8) is 0 Å². The molecule has 0 saturated heterocycles. The monoisotopic (exact) mass is 206 g/mol. The van der Waals surface area contributed by atoms with Crippen molar-refractivity contribution in [3.05, 3.63) is 23.8 Å². The smallest absolute Gasteiger partial charge is 0.0118 e. The molecular weight excluding hydrogens is 180 g/mol. The molecule has 1 aliphatic rings. The van der Waals surface area contributed by atoms with E-state index in [-0.39, 0.29) is 0 Å². The number of rotatable bonds is 0. The summed E-state index contributed by atoms with van der Waals surface area (Å²) in [6.45, 7) is 16.3. The summed E-state index contributed by atoms with van der Waals surface area (Å²) >= 11 is 0. The van der Waals surface area contributed by atoms with Crippen molar-refractivity contribution >= 4 is 0 Å². The molecule has 0 aliphatic heterocycles. The molecule has 0 aromatic carbocycles. The lowest BCUT2D eigenvalue weighted by atomic mass is 9.65. The molecule has 0 spiro atoms. The van der Waals surface area contributed by atoms with Crippen molar-refractivity contribution < 1.29 is 0 Å². The van der Waals surface area contributed by atoms with Crippen LogP contribution in [-0.4, -0.2) is 0 Å². The van der Waals surface area contributed by atoms with Gasteiger partial charge < -0.3 is 0 Å². The molecule has 1 rings (SSSR count). The second kappa shape index (κ2) is 3.81. The molecule has 0 heterocycles. The van der Waals surface area contributed by atoms with E-state index in [1.807, 2.05) is 0 Å². The van der Waals surface area contributed by atoms with Gasteiger partial charge >= 0.3 is 0 Å². The first-order valence-electron chi connectivity index (χ1n) is 6.03. The van der Waals surface area contributed by atoms with Gasteiger partial charge in [0.05, 0.1) is 0 Å². The Kier molecular flexibility index (Phi) is 3.19. The van der Waals surface area contributed by atoms with Crippen molar-refractivity contribution in [1.29, 1.82) is 0 Å². The fourth-order valence-electron chi connectivity index (χ4n) is 2.76. The summed E-state index contributed by atoms with van der Waals surface area (Å²) in [6.07, 6.45) is 6.93. The van der Waals surface area contributed by atoms with E-state index in [4.69, 9.17) is 0 Å². The summed E-state index contributed by atoms with van der Waals surface area (Å²) in [5.74, 6) is 1.33.